The number of methoxy groups -OCH3 is 1. The predicted octanol–water partition coefficient (Wildman–Crippen LogP) is 2.12. The minimum Gasteiger partial charge on any atom is -0.497 e. The maximum atomic E-state index is 12.5. The van der Waals surface area contributed by atoms with Crippen molar-refractivity contribution in [3.63, 3.8) is 0 Å². The average Bonchev–Trinajstić information content (AvgIpc) is 2.90. The van der Waals surface area contributed by atoms with Crippen LogP contribution in [0.25, 0.3) is 0 Å². The topological polar surface area (TPSA) is 55.8 Å². The molecule has 1 saturated carbocycles. The average molecular weight is 368 g/mol. The Labute approximate surface area is 137 Å². The fraction of sp³-hybridized carbons (Fsp3) is 0.500. The maximum Gasteiger partial charge on any atom is 0.302 e. The monoisotopic (exact) mass is 367 g/mol. The van der Waals surface area contributed by atoms with Crippen LogP contribution in [0.15, 0.2) is 24.3 Å². The van der Waals surface area contributed by atoms with Gasteiger partial charge in [-0.15, -0.1) is 0 Å². The number of ether oxygens (including phenoxy) is 2. The fourth-order valence-corrected chi connectivity index (χ4v) is 4.44. The number of hydrogen-bond donors (Lipinski definition) is 0. The number of halogens is 1. The SMILES string of the molecule is COc1ccc(CN2C(=O)[C@H]3C[C@H](OC(C)=O)[C@@H]2[C@@H]3Br)cc1. The lowest BCUT2D eigenvalue weighted by atomic mass is 10.1. The van der Waals surface area contributed by atoms with Gasteiger partial charge in [0.25, 0.3) is 0 Å². The molecule has 5 nitrogen and oxygen atoms in total. The number of carbonyl (C=O) groups excluding carboxylic acids is 2. The Bertz CT molecular complexity index is 588. The normalized spacial score (nSPS) is 29.8. The highest BCUT2D eigenvalue weighted by atomic mass is 79.9. The molecule has 0 radical (unpaired) electrons. The van der Waals surface area contributed by atoms with Gasteiger partial charge in [-0.2, -0.15) is 0 Å². The lowest BCUT2D eigenvalue weighted by Crippen LogP contribution is -2.46. The van der Waals surface area contributed by atoms with E-state index in [1.165, 1.54) is 6.92 Å². The Balaban J connectivity index is 1.77. The molecular weight excluding hydrogens is 350 g/mol. The first-order valence-electron chi connectivity index (χ1n) is 7.26. The number of fused-ring (bicyclic) bond motifs is 2. The van der Waals surface area contributed by atoms with Crippen LogP contribution in [-0.4, -0.2) is 40.9 Å². The molecule has 1 heterocycles. The van der Waals surface area contributed by atoms with E-state index in [0.29, 0.717) is 13.0 Å². The Morgan fingerprint density at radius 2 is 2.05 bits per heavy atom. The van der Waals surface area contributed by atoms with Crippen LogP contribution in [0.5, 0.6) is 5.75 Å². The second-order valence-electron chi connectivity index (χ2n) is 5.74. The van der Waals surface area contributed by atoms with Crippen LogP contribution in [0, 0.1) is 5.92 Å². The van der Waals surface area contributed by atoms with Gasteiger partial charge < -0.3 is 14.4 Å². The number of alkyl halides is 1. The fourth-order valence-electron chi connectivity index (χ4n) is 3.37. The first-order chi connectivity index (χ1) is 10.5. The van der Waals surface area contributed by atoms with Crippen molar-refractivity contribution in [1.82, 2.24) is 4.90 Å². The number of rotatable bonds is 4. The van der Waals surface area contributed by atoms with Gasteiger partial charge in [0.2, 0.25) is 5.91 Å². The lowest BCUT2D eigenvalue weighted by molar-refractivity contribution is -0.155. The van der Waals surface area contributed by atoms with E-state index < -0.39 is 0 Å². The highest BCUT2D eigenvalue weighted by Gasteiger charge is 2.58. The van der Waals surface area contributed by atoms with E-state index in [1.807, 2.05) is 29.2 Å². The smallest absolute Gasteiger partial charge is 0.302 e. The summed E-state index contributed by atoms with van der Waals surface area (Å²) in [5.74, 6) is 0.516. The zero-order valence-electron chi connectivity index (χ0n) is 12.5. The molecule has 118 valence electrons. The Morgan fingerprint density at radius 3 is 2.59 bits per heavy atom. The molecule has 1 aromatic carbocycles. The van der Waals surface area contributed by atoms with Crippen LogP contribution < -0.4 is 4.74 Å². The Hall–Kier alpha value is -1.56. The van der Waals surface area contributed by atoms with Gasteiger partial charge in [-0.05, 0) is 24.1 Å². The molecule has 4 atom stereocenters. The number of esters is 1. The van der Waals surface area contributed by atoms with Gasteiger partial charge >= 0.3 is 5.97 Å². The summed E-state index contributed by atoms with van der Waals surface area (Å²) in [6.07, 6.45) is 0.390. The van der Waals surface area contributed by atoms with Crippen LogP contribution in [0.2, 0.25) is 0 Å². The van der Waals surface area contributed by atoms with Crippen molar-refractivity contribution in [2.75, 3.05) is 7.11 Å². The quantitative estimate of drug-likeness (QED) is 0.604. The molecule has 2 bridgehead atoms. The van der Waals surface area contributed by atoms with Gasteiger partial charge in [0.15, 0.2) is 0 Å². The number of amides is 1. The van der Waals surface area contributed by atoms with E-state index >= 15 is 0 Å². The van der Waals surface area contributed by atoms with E-state index in [1.54, 1.807) is 7.11 Å². The van der Waals surface area contributed by atoms with Gasteiger partial charge in [0, 0.05) is 13.5 Å². The predicted molar refractivity (Wildman–Crippen MR) is 83.7 cm³/mol. The summed E-state index contributed by atoms with van der Waals surface area (Å²) in [7, 11) is 1.62. The van der Waals surface area contributed by atoms with Gasteiger partial charge in [0.1, 0.15) is 11.9 Å². The van der Waals surface area contributed by atoms with Crippen molar-refractivity contribution in [1.29, 1.82) is 0 Å². The zero-order chi connectivity index (χ0) is 15.9. The number of piperidine rings is 1. The van der Waals surface area contributed by atoms with Crippen molar-refractivity contribution in [2.45, 2.75) is 36.9 Å². The lowest BCUT2D eigenvalue weighted by Gasteiger charge is -2.32. The summed E-state index contributed by atoms with van der Waals surface area (Å²) in [5, 5.41) is 0. The van der Waals surface area contributed by atoms with Crippen LogP contribution in [0.3, 0.4) is 0 Å². The van der Waals surface area contributed by atoms with Crippen molar-refractivity contribution in [3.8, 4) is 5.75 Å². The molecule has 6 heteroatoms. The van der Waals surface area contributed by atoms with Crippen molar-refractivity contribution in [3.05, 3.63) is 29.8 Å². The van der Waals surface area contributed by atoms with Gasteiger partial charge in [-0.25, -0.2) is 0 Å². The van der Waals surface area contributed by atoms with E-state index in [-0.39, 0.29) is 34.8 Å². The molecule has 1 aromatic rings. The third kappa shape index (κ3) is 2.60. The van der Waals surface area contributed by atoms with Gasteiger partial charge in [0.05, 0.1) is 23.9 Å². The van der Waals surface area contributed by atoms with Gasteiger partial charge in [-0.1, -0.05) is 28.1 Å². The first-order valence-corrected chi connectivity index (χ1v) is 8.17. The number of carbonyl (C=O) groups is 2. The molecule has 1 aliphatic carbocycles. The Morgan fingerprint density at radius 1 is 1.36 bits per heavy atom. The Kier molecular flexibility index (Phi) is 4.12. The summed E-state index contributed by atoms with van der Waals surface area (Å²) in [4.78, 5) is 25.6. The van der Waals surface area contributed by atoms with Crippen molar-refractivity contribution >= 4 is 27.8 Å². The zero-order valence-corrected chi connectivity index (χ0v) is 14.1. The second kappa shape index (κ2) is 5.91. The van der Waals surface area contributed by atoms with Crippen LogP contribution >= 0.6 is 15.9 Å². The summed E-state index contributed by atoms with van der Waals surface area (Å²) < 4.78 is 10.5. The number of nitrogens with zero attached hydrogens (tertiary/aromatic N) is 1. The van der Waals surface area contributed by atoms with Crippen LogP contribution in [-0.2, 0) is 20.9 Å². The molecule has 0 unspecified atom stereocenters. The molecule has 0 N–H and O–H groups in total. The standard InChI is InChI=1S/C16H18BrNO4/c1-9(19)22-13-7-12-14(17)15(13)18(16(12)20)8-10-3-5-11(21-2)6-4-10/h3-6,12-15H,7-8H2,1-2H3/t12-,13-,14+,15+/m0/s1. The second-order valence-corrected chi connectivity index (χ2v) is 6.80. The maximum absolute atomic E-state index is 12.5. The van der Waals surface area contributed by atoms with E-state index in [4.69, 9.17) is 9.47 Å². The molecule has 22 heavy (non-hydrogen) atoms. The minimum absolute atomic E-state index is 0.0441. The largest absolute Gasteiger partial charge is 0.497 e. The van der Waals surface area contributed by atoms with Crippen molar-refractivity contribution in [2.24, 2.45) is 5.92 Å². The summed E-state index contributed by atoms with van der Waals surface area (Å²) in [6, 6.07) is 7.56. The molecule has 2 aliphatic rings. The van der Waals surface area contributed by atoms with E-state index in [9.17, 15) is 9.59 Å². The minimum atomic E-state index is -0.297. The first kappa shape index (κ1) is 15.3. The summed E-state index contributed by atoms with van der Waals surface area (Å²) in [6.45, 7) is 1.93. The highest BCUT2D eigenvalue weighted by molar-refractivity contribution is 9.09. The third-order valence-electron chi connectivity index (χ3n) is 4.37. The molecule has 2 fully saturated rings. The number of hydrogen-bond acceptors (Lipinski definition) is 4. The number of benzene rings is 1. The van der Waals surface area contributed by atoms with Crippen LogP contribution in [0.1, 0.15) is 18.9 Å². The number of likely N-dealkylation sites (tertiary alicyclic amines) is 1. The molecule has 1 saturated heterocycles. The van der Waals surface area contributed by atoms with E-state index in [2.05, 4.69) is 15.9 Å². The molecule has 1 amide bonds. The third-order valence-corrected chi connectivity index (χ3v) is 5.55. The summed E-state index contributed by atoms with van der Waals surface area (Å²) >= 11 is 3.61. The summed E-state index contributed by atoms with van der Waals surface area (Å²) in [5.41, 5.74) is 1.03. The highest BCUT2D eigenvalue weighted by Crippen LogP contribution is 2.45. The molecular formula is C16H18BrNO4. The van der Waals surface area contributed by atoms with Gasteiger partial charge in [-0.3, -0.25) is 9.59 Å². The molecule has 1 aliphatic heterocycles. The van der Waals surface area contributed by atoms with E-state index in [0.717, 1.165) is 11.3 Å². The van der Waals surface area contributed by atoms with Crippen molar-refractivity contribution < 1.29 is 19.1 Å². The molecule has 0 spiro atoms. The molecule has 3 rings (SSSR count). The molecule has 0 aromatic heterocycles. The van der Waals surface area contributed by atoms with Crippen LogP contribution in [0.4, 0.5) is 0 Å².